The molecular weight excluding hydrogens is 218 g/mol. The van der Waals surface area contributed by atoms with Gasteiger partial charge in [0, 0.05) is 22.4 Å². The third-order valence-corrected chi connectivity index (χ3v) is 3.51. The van der Waals surface area contributed by atoms with Gasteiger partial charge in [-0.05, 0) is 25.3 Å². The summed E-state index contributed by atoms with van der Waals surface area (Å²) in [5, 5.41) is 2.08. The zero-order chi connectivity index (χ0) is 11.7. The Balaban J connectivity index is 2.64. The second kappa shape index (κ2) is 4.22. The topological polar surface area (TPSA) is 51.8 Å². The lowest BCUT2D eigenvalue weighted by atomic mass is 10.1. The smallest absolute Gasteiger partial charge is 0.131 e. The minimum Gasteiger partial charge on any atom is -0.383 e. The van der Waals surface area contributed by atoms with Crippen LogP contribution in [-0.2, 0) is 6.42 Å². The highest BCUT2D eigenvalue weighted by Gasteiger charge is 2.12. The van der Waals surface area contributed by atoms with Crippen LogP contribution in [0, 0.1) is 13.8 Å². The minimum atomic E-state index is 0.590. The maximum atomic E-state index is 5.91. The van der Waals surface area contributed by atoms with Crippen LogP contribution in [0.5, 0.6) is 0 Å². The van der Waals surface area contributed by atoms with Gasteiger partial charge < -0.3 is 5.73 Å². The fraction of sp³-hybridized carbons (Fsp3) is 0.333. The van der Waals surface area contributed by atoms with Crippen LogP contribution in [0.2, 0.25) is 0 Å². The van der Waals surface area contributed by atoms with Crippen LogP contribution < -0.4 is 5.73 Å². The average Bonchev–Trinajstić information content (AvgIpc) is 2.68. The van der Waals surface area contributed by atoms with E-state index in [0.29, 0.717) is 5.82 Å². The Morgan fingerprint density at radius 1 is 1.31 bits per heavy atom. The van der Waals surface area contributed by atoms with Gasteiger partial charge >= 0.3 is 0 Å². The molecule has 0 saturated heterocycles. The molecule has 0 aromatic carbocycles. The second-order valence-corrected chi connectivity index (χ2v) is 4.86. The zero-order valence-electron chi connectivity index (χ0n) is 9.74. The summed E-state index contributed by atoms with van der Waals surface area (Å²) < 4.78 is 0. The van der Waals surface area contributed by atoms with Crippen molar-refractivity contribution in [3.8, 4) is 11.3 Å². The van der Waals surface area contributed by atoms with E-state index in [4.69, 9.17) is 5.73 Å². The lowest BCUT2D eigenvalue weighted by Gasteiger charge is -2.08. The van der Waals surface area contributed by atoms with Crippen molar-refractivity contribution in [3.05, 3.63) is 27.7 Å². The van der Waals surface area contributed by atoms with Gasteiger partial charge in [0.15, 0.2) is 0 Å². The zero-order valence-corrected chi connectivity index (χ0v) is 10.6. The third kappa shape index (κ3) is 1.80. The minimum absolute atomic E-state index is 0.590. The van der Waals surface area contributed by atoms with Crippen LogP contribution in [-0.4, -0.2) is 9.97 Å². The molecule has 0 bridgehead atoms. The number of thiophene rings is 1. The standard InChI is InChI=1S/C12H15N3S/c1-4-10-14-11(7(2)12(13)15-10)9-5-6-16-8(9)3/h5-6H,4H2,1-3H3,(H2,13,14,15). The Morgan fingerprint density at radius 2 is 2.06 bits per heavy atom. The number of aryl methyl sites for hydroxylation is 2. The van der Waals surface area contributed by atoms with Gasteiger partial charge in [0.1, 0.15) is 11.6 Å². The fourth-order valence-corrected chi connectivity index (χ4v) is 2.33. The highest BCUT2D eigenvalue weighted by molar-refractivity contribution is 7.10. The van der Waals surface area contributed by atoms with Crippen LogP contribution in [0.4, 0.5) is 5.82 Å². The van der Waals surface area contributed by atoms with Gasteiger partial charge in [-0.3, -0.25) is 0 Å². The summed E-state index contributed by atoms with van der Waals surface area (Å²) >= 11 is 1.73. The van der Waals surface area contributed by atoms with E-state index in [2.05, 4.69) is 28.3 Å². The number of rotatable bonds is 2. The molecule has 0 amide bonds. The Hall–Kier alpha value is -1.42. The number of nitrogen functional groups attached to an aromatic ring is 1. The molecule has 2 N–H and O–H groups in total. The Bertz CT molecular complexity index is 517. The molecule has 2 aromatic rings. The Labute approximate surface area is 99.4 Å². The molecule has 0 fully saturated rings. The van der Waals surface area contributed by atoms with E-state index in [9.17, 15) is 0 Å². The molecule has 2 rings (SSSR count). The Morgan fingerprint density at radius 3 is 2.62 bits per heavy atom. The second-order valence-electron chi connectivity index (χ2n) is 3.74. The maximum absolute atomic E-state index is 5.91. The van der Waals surface area contributed by atoms with Gasteiger partial charge in [0.05, 0.1) is 5.69 Å². The molecule has 2 heterocycles. The van der Waals surface area contributed by atoms with E-state index >= 15 is 0 Å². The van der Waals surface area contributed by atoms with Gasteiger partial charge in [0.25, 0.3) is 0 Å². The van der Waals surface area contributed by atoms with Gasteiger partial charge in [0.2, 0.25) is 0 Å². The van der Waals surface area contributed by atoms with Crippen LogP contribution in [0.25, 0.3) is 11.3 Å². The van der Waals surface area contributed by atoms with Gasteiger partial charge in [-0.1, -0.05) is 6.92 Å². The van der Waals surface area contributed by atoms with E-state index in [1.165, 1.54) is 10.4 Å². The van der Waals surface area contributed by atoms with E-state index in [-0.39, 0.29) is 0 Å². The van der Waals surface area contributed by atoms with E-state index in [1.54, 1.807) is 11.3 Å². The number of hydrogen-bond donors (Lipinski definition) is 1. The number of nitrogens with zero attached hydrogens (tertiary/aromatic N) is 2. The van der Waals surface area contributed by atoms with E-state index in [1.807, 2.05) is 13.8 Å². The van der Waals surface area contributed by atoms with E-state index < -0.39 is 0 Å². The summed E-state index contributed by atoms with van der Waals surface area (Å²) in [6, 6.07) is 2.09. The van der Waals surface area contributed by atoms with Crippen LogP contribution in [0.3, 0.4) is 0 Å². The van der Waals surface area contributed by atoms with Crippen molar-refractivity contribution < 1.29 is 0 Å². The first kappa shape index (κ1) is 11.1. The van der Waals surface area contributed by atoms with Crippen molar-refractivity contribution in [3.63, 3.8) is 0 Å². The van der Waals surface area contributed by atoms with Crippen LogP contribution in [0.1, 0.15) is 23.2 Å². The largest absolute Gasteiger partial charge is 0.383 e. The van der Waals surface area contributed by atoms with Crippen molar-refractivity contribution in [1.82, 2.24) is 9.97 Å². The van der Waals surface area contributed by atoms with Crippen LogP contribution in [0.15, 0.2) is 11.4 Å². The van der Waals surface area contributed by atoms with Gasteiger partial charge in [-0.2, -0.15) is 0 Å². The fourth-order valence-electron chi connectivity index (χ4n) is 1.63. The molecule has 16 heavy (non-hydrogen) atoms. The molecule has 3 nitrogen and oxygen atoms in total. The lowest BCUT2D eigenvalue weighted by molar-refractivity contribution is 0.940. The monoisotopic (exact) mass is 233 g/mol. The molecule has 4 heteroatoms. The number of anilines is 1. The SMILES string of the molecule is CCc1nc(N)c(C)c(-c2ccsc2C)n1. The van der Waals surface area contributed by atoms with Crippen molar-refractivity contribution >= 4 is 17.2 Å². The number of hydrogen-bond acceptors (Lipinski definition) is 4. The summed E-state index contributed by atoms with van der Waals surface area (Å²) in [4.78, 5) is 10.1. The lowest BCUT2D eigenvalue weighted by Crippen LogP contribution is -2.04. The quantitative estimate of drug-likeness (QED) is 0.867. The summed E-state index contributed by atoms with van der Waals surface area (Å²) in [6.45, 7) is 6.11. The van der Waals surface area contributed by atoms with Gasteiger partial charge in [-0.15, -0.1) is 11.3 Å². The molecule has 0 radical (unpaired) electrons. The highest BCUT2D eigenvalue weighted by atomic mass is 32.1. The van der Waals surface area contributed by atoms with Crippen molar-refractivity contribution in [2.75, 3.05) is 5.73 Å². The first-order valence-electron chi connectivity index (χ1n) is 5.31. The van der Waals surface area contributed by atoms with Crippen molar-refractivity contribution in [2.24, 2.45) is 0 Å². The molecule has 0 aliphatic carbocycles. The molecule has 0 atom stereocenters. The normalized spacial score (nSPS) is 10.7. The highest BCUT2D eigenvalue weighted by Crippen LogP contribution is 2.30. The van der Waals surface area contributed by atoms with Gasteiger partial charge in [-0.25, -0.2) is 9.97 Å². The predicted octanol–water partition coefficient (Wildman–Crippen LogP) is 2.97. The molecule has 2 aromatic heterocycles. The molecule has 0 aliphatic heterocycles. The Kier molecular flexibility index (Phi) is 2.92. The number of nitrogens with two attached hydrogens (primary N) is 1. The maximum Gasteiger partial charge on any atom is 0.131 e. The molecule has 0 saturated carbocycles. The third-order valence-electron chi connectivity index (χ3n) is 2.66. The summed E-state index contributed by atoms with van der Waals surface area (Å²) in [6.07, 6.45) is 0.806. The number of aromatic nitrogens is 2. The first-order chi connectivity index (χ1) is 7.63. The van der Waals surface area contributed by atoms with Crippen LogP contribution >= 0.6 is 11.3 Å². The predicted molar refractivity (Wildman–Crippen MR) is 68.6 cm³/mol. The summed E-state index contributed by atoms with van der Waals surface area (Å²) in [5.74, 6) is 1.40. The van der Waals surface area contributed by atoms with E-state index in [0.717, 1.165) is 23.5 Å². The molecule has 0 unspecified atom stereocenters. The van der Waals surface area contributed by atoms with Crippen molar-refractivity contribution in [2.45, 2.75) is 27.2 Å². The van der Waals surface area contributed by atoms with Crippen molar-refractivity contribution in [1.29, 1.82) is 0 Å². The summed E-state index contributed by atoms with van der Waals surface area (Å²) in [5.41, 5.74) is 9.02. The molecule has 84 valence electrons. The molecule has 0 spiro atoms. The first-order valence-corrected chi connectivity index (χ1v) is 6.19. The summed E-state index contributed by atoms with van der Waals surface area (Å²) in [7, 11) is 0. The average molecular weight is 233 g/mol. The molecular formula is C12H15N3S. The molecule has 0 aliphatic rings.